The molecule has 0 N–H and O–H groups in total. The van der Waals surface area contributed by atoms with E-state index >= 15 is 0 Å². The van der Waals surface area contributed by atoms with Gasteiger partial charge in [-0.15, -0.1) is 0 Å². The Kier molecular flexibility index (Phi) is 5.13. The van der Waals surface area contributed by atoms with Gasteiger partial charge in [-0.2, -0.15) is 0 Å². The monoisotopic (exact) mass is 273 g/mol. The normalized spacial score (nSPS) is 11.8. The minimum Gasteiger partial charge on any atom is -0.361 e. The molecule has 5 heteroatoms. The van der Waals surface area contributed by atoms with Crippen molar-refractivity contribution in [2.24, 2.45) is 0 Å². The number of hydrogen-bond donors (Lipinski definition) is 0. The van der Waals surface area contributed by atoms with Crippen LogP contribution >= 0.6 is 21.6 Å². The molecule has 0 radical (unpaired) electrons. The fourth-order valence-electron chi connectivity index (χ4n) is 1.58. The van der Waals surface area contributed by atoms with Crippen molar-refractivity contribution in [3.8, 4) is 0 Å². The van der Waals surface area contributed by atoms with Crippen LogP contribution in [0.2, 0.25) is 0 Å². The lowest BCUT2D eigenvalue weighted by atomic mass is 10.1. The first kappa shape index (κ1) is 14.6. The number of hydrogen-bond acceptors (Lipinski definition) is 5. The lowest BCUT2D eigenvalue weighted by Gasteiger charge is -2.21. The van der Waals surface area contributed by atoms with Crippen LogP contribution in [-0.4, -0.2) is 15.7 Å². The summed E-state index contributed by atoms with van der Waals surface area (Å²) in [4.78, 5) is 11.1. The molecule has 0 aliphatic carbocycles. The average molecular weight is 273 g/mol. The minimum atomic E-state index is -0.0184. The molecule has 1 aromatic heterocycles. The summed E-state index contributed by atoms with van der Waals surface area (Å²) in [6, 6.07) is 0. The first-order valence-corrected chi connectivity index (χ1v) is 7.85. The van der Waals surface area contributed by atoms with Gasteiger partial charge in [0.25, 0.3) is 0 Å². The SMILES string of the molecule is CC(=O)CC(C)(C)SSCc1c(C)noc1C. The summed E-state index contributed by atoms with van der Waals surface area (Å²) in [5.41, 5.74) is 2.13. The van der Waals surface area contributed by atoms with Crippen molar-refractivity contribution >= 4 is 27.4 Å². The predicted molar refractivity (Wildman–Crippen MR) is 74.2 cm³/mol. The molecular formula is C12H19NO2S2. The van der Waals surface area contributed by atoms with E-state index in [4.69, 9.17) is 4.52 Å². The van der Waals surface area contributed by atoms with Gasteiger partial charge in [-0.1, -0.05) is 26.7 Å². The third-order valence-corrected chi connectivity index (χ3v) is 5.52. The van der Waals surface area contributed by atoms with Crippen molar-refractivity contribution in [3.05, 3.63) is 17.0 Å². The number of rotatable bonds is 6. The summed E-state index contributed by atoms with van der Waals surface area (Å²) < 4.78 is 5.10. The van der Waals surface area contributed by atoms with Gasteiger partial charge in [-0.3, -0.25) is 4.79 Å². The van der Waals surface area contributed by atoms with Crippen LogP contribution in [0.3, 0.4) is 0 Å². The average Bonchev–Trinajstić information content (AvgIpc) is 2.46. The highest BCUT2D eigenvalue weighted by Crippen LogP contribution is 2.40. The second kappa shape index (κ2) is 5.96. The van der Waals surface area contributed by atoms with Gasteiger partial charge >= 0.3 is 0 Å². The second-order valence-corrected chi connectivity index (χ2v) is 7.79. The van der Waals surface area contributed by atoms with Crippen LogP contribution in [0.15, 0.2) is 4.52 Å². The Morgan fingerprint density at radius 1 is 1.41 bits per heavy atom. The lowest BCUT2D eigenvalue weighted by Crippen LogP contribution is -2.17. The smallest absolute Gasteiger partial charge is 0.137 e. The molecule has 3 nitrogen and oxygen atoms in total. The maximum absolute atomic E-state index is 11.1. The van der Waals surface area contributed by atoms with E-state index in [1.807, 2.05) is 13.8 Å². The molecule has 1 aromatic rings. The summed E-state index contributed by atoms with van der Waals surface area (Å²) in [6.45, 7) is 9.72. The molecule has 0 spiro atoms. The summed E-state index contributed by atoms with van der Waals surface area (Å²) in [7, 11) is 3.50. The molecule has 1 heterocycles. The molecule has 96 valence electrons. The third-order valence-electron chi connectivity index (χ3n) is 2.34. The van der Waals surface area contributed by atoms with E-state index in [0.717, 1.165) is 17.2 Å². The second-order valence-electron chi connectivity index (χ2n) is 4.79. The lowest BCUT2D eigenvalue weighted by molar-refractivity contribution is -0.117. The minimum absolute atomic E-state index is 0.0184. The fraction of sp³-hybridized carbons (Fsp3) is 0.667. The molecule has 0 saturated carbocycles. The third kappa shape index (κ3) is 4.76. The number of aromatic nitrogens is 1. The molecule has 0 unspecified atom stereocenters. The molecular weight excluding hydrogens is 254 g/mol. The number of ketones is 1. The van der Waals surface area contributed by atoms with Crippen molar-refractivity contribution in [1.29, 1.82) is 0 Å². The van der Waals surface area contributed by atoms with Crippen LogP contribution in [0.5, 0.6) is 0 Å². The van der Waals surface area contributed by atoms with E-state index in [9.17, 15) is 4.79 Å². The molecule has 0 amide bonds. The van der Waals surface area contributed by atoms with E-state index in [0.29, 0.717) is 6.42 Å². The zero-order valence-electron chi connectivity index (χ0n) is 11.0. The Labute approximate surface area is 110 Å². The van der Waals surface area contributed by atoms with E-state index in [1.54, 1.807) is 28.5 Å². The maximum Gasteiger partial charge on any atom is 0.137 e. The Balaban J connectivity index is 2.45. The quantitative estimate of drug-likeness (QED) is 0.735. The van der Waals surface area contributed by atoms with Gasteiger partial charge in [-0.05, 0) is 34.6 Å². The van der Waals surface area contributed by atoms with Crippen LogP contribution in [0.4, 0.5) is 0 Å². The van der Waals surface area contributed by atoms with Crippen LogP contribution < -0.4 is 0 Å². The zero-order chi connectivity index (χ0) is 13.1. The largest absolute Gasteiger partial charge is 0.361 e. The number of carbonyl (C=O) groups excluding carboxylic acids is 1. The Morgan fingerprint density at radius 2 is 2.06 bits per heavy atom. The predicted octanol–water partition coefficient (Wildman–Crippen LogP) is 3.93. The van der Waals surface area contributed by atoms with Crippen LogP contribution in [0.25, 0.3) is 0 Å². The molecule has 0 aromatic carbocycles. The van der Waals surface area contributed by atoms with E-state index in [2.05, 4.69) is 19.0 Å². The number of carbonyl (C=O) groups is 1. The summed E-state index contributed by atoms with van der Waals surface area (Å²) in [6.07, 6.45) is 0.603. The highest BCUT2D eigenvalue weighted by atomic mass is 33.1. The van der Waals surface area contributed by atoms with Crippen molar-refractivity contribution in [1.82, 2.24) is 5.16 Å². The highest BCUT2D eigenvalue weighted by molar-refractivity contribution is 8.76. The number of aryl methyl sites for hydroxylation is 2. The summed E-state index contributed by atoms with van der Waals surface area (Å²) in [5, 5.41) is 3.93. The number of nitrogens with zero attached hydrogens (tertiary/aromatic N) is 1. The van der Waals surface area contributed by atoms with Gasteiger partial charge in [0.1, 0.15) is 11.5 Å². The highest BCUT2D eigenvalue weighted by Gasteiger charge is 2.21. The fourth-order valence-corrected chi connectivity index (χ4v) is 4.42. The topological polar surface area (TPSA) is 43.1 Å². The summed E-state index contributed by atoms with van der Waals surface area (Å²) >= 11 is 0. The van der Waals surface area contributed by atoms with Crippen molar-refractivity contribution in [3.63, 3.8) is 0 Å². The molecule has 0 aliphatic heterocycles. The van der Waals surface area contributed by atoms with Gasteiger partial charge in [0, 0.05) is 22.5 Å². The molecule has 0 aliphatic rings. The van der Waals surface area contributed by atoms with Crippen LogP contribution in [-0.2, 0) is 10.5 Å². The Bertz CT molecular complexity index is 380. The van der Waals surface area contributed by atoms with Crippen molar-refractivity contribution in [2.75, 3.05) is 0 Å². The summed E-state index contributed by atoms with van der Waals surface area (Å²) in [5.74, 6) is 1.99. The zero-order valence-corrected chi connectivity index (χ0v) is 12.6. The van der Waals surface area contributed by atoms with Crippen LogP contribution in [0, 0.1) is 13.8 Å². The molecule has 0 atom stereocenters. The molecule has 1 rings (SSSR count). The van der Waals surface area contributed by atoms with Gasteiger partial charge in [0.15, 0.2) is 0 Å². The Morgan fingerprint density at radius 3 is 2.53 bits per heavy atom. The van der Waals surface area contributed by atoms with Gasteiger partial charge in [0.05, 0.1) is 5.69 Å². The van der Waals surface area contributed by atoms with E-state index < -0.39 is 0 Å². The van der Waals surface area contributed by atoms with Crippen molar-refractivity contribution < 1.29 is 9.32 Å². The van der Waals surface area contributed by atoms with Gasteiger partial charge in [-0.25, -0.2) is 0 Å². The van der Waals surface area contributed by atoms with E-state index in [1.165, 1.54) is 5.56 Å². The standard InChI is InChI=1S/C12H19NO2S2/c1-8(14)6-12(4,5)17-16-7-11-9(2)13-15-10(11)3/h6-7H2,1-5H3. The molecule has 0 saturated heterocycles. The molecule has 17 heavy (non-hydrogen) atoms. The number of Topliss-reactive ketones (excluding diaryl/α,β-unsaturated/α-hetero) is 1. The van der Waals surface area contributed by atoms with Crippen LogP contribution in [0.1, 0.15) is 44.2 Å². The molecule has 0 fully saturated rings. The Hall–Kier alpha value is -0.420. The van der Waals surface area contributed by atoms with Crippen molar-refractivity contribution in [2.45, 2.75) is 51.5 Å². The first-order valence-electron chi connectivity index (χ1n) is 5.53. The van der Waals surface area contributed by atoms with E-state index in [-0.39, 0.29) is 10.5 Å². The maximum atomic E-state index is 11.1. The molecule has 0 bridgehead atoms. The van der Waals surface area contributed by atoms with Gasteiger partial charge < -0.3 is 4.52 Å². The first-order chi connectivity index (χ1) is 7.82. The van der Waals surface area contributed by atoms with Gasteiger partial charge in [0.2, 0.25) is 0 Å².